The molecule has 3 atom stereocenters. The number of rotatable bonds is 0. The van der Waals surface area contributed by atoms with Crippen molar-refractivity contribution in [1.29, 1.82) is 0 Å². The molecule has 0 amide bonds. The summed E-state index contributed by atoms with van der Waals surface area (Å²) in [6.07, 6.45) is 2.79. The van der Waals surface area contributed by atoms with Crippen LogP contribution in [0.15, 0.2) is 0 Å². The van der Waals surface area contributed by atoms with Crippen LogP contribution in [-0.2, 0) is 4.79 Å². The summed E-state index contributed by atoms with van der Waals surface area (Å²) in [5.74, 6) is 1.33. The van der Waals surface area contributed by atoms with Gasteiger partial charge in [-0.15, -0.1) is 11.6 Å². The van der Waals surface area contributed by atoms with Gasteiger partial charge in [0.05, 0.1) is 0 Å². The van der Waals surface area contributed by atoms with Gasteiger partial charge in [-0.2, -0.15) is 0 Å². The van der Waals surface area contributed by atoms with Crippen LogP contribution in [0.2, 0.25) is 0 Å². The molecule has 1 nitrogen and oxygen atoms in total. The van der Waals surface area contributed by atoms with Gasteiger partial charge in [0.1, 0.15) is 5.78 Å². The topological polar surface area (TPSA) is 17.1 Å². The van der Waals surface area contributed by atoms with Crippen molar-refractivity contribution >= 4 is 17.4 Å². The second-order valence-electron chi connectivity index (χ2n) is 3.11. The van der Waals surface area contributed by atoms with E-state index in [0.29, 0.717) is 23.0 Å². The van der Waals surface area contributed by atoms with Gasteiger partial charge in [-0.05, 0) is 18.8 Å². The molecule has 50 valence electrons. The third-order valence-corrected chi connectivity index (χ3v) is 3.06. The molecule has 0 saturated heterocycles. The zero-order valence-corrected chi connectivity index (χ0v) is 5.90. The Morgan fingerprint density at radius 2 is 2.22 bits per heavy atom. The van der Waals surface area contributed by atoms with Gasteiger partial charge in [0.15, 0.2) is 0 Å². The Kier molecular flexibility index (Phi) is 1.10. The molecule has 0 aromatic heterocycles. The Hall–Kier alpha value is -0.0400. The highest BCUT2D eigenvalue weighted by Gasteiger charge is 2.43. The highest BCUT2D eigenvalue weighted by molar-refractivity contribution is 6.21. The molecule has 2 bridgehead atoms. The fourth-order valence-corrected chi connectivity index (χ4v) is 2.38. The summed E-state index contributed by atoms with van der Waals surface area (Å²) in [5.41, 5.74) is 0. The average Bonchev–Trinajstić information content (AvgIpc) is 2.24. The van der Waals surface area contributed by atoms with Crippen LogP contribution in [0.25, 0.3) is 0 Å². The molecular formula is C7H9ClO. The van der Waals surface area contributed by atoms with Crippen LogP contribution in [-0.4, -0.2) is 11.2 Å². The number of hydrogen-bond acceptors (Lipinski definition) is 1. The summed E-state index contributed by atoms with van der Waals surface area (Å²) >= 11 is 5.92. The van der Waals surface area contributed by atoms with Crippen LogP contribution >= 0.6 is 11.6 Å². The number of carbonyl (C=O) groups excluding carboxylic acids is 1. The second kappa shape index (κ2) is 1.72. The molecule has 2 heteroatoms. The molecule has 0 radical (unpaired) electrons. The summed E-state index contributed by atoms with van der Waals surface area (Å²) in [6.45, 7) is 0. The summed E-state index contributed by atoms with van der Waals surface area (Å²) in [4.78, 5) is 10.9. The third kappa shape index (κ3) is 0.710. The fourth-order valence-electron chi connectivity index (χ4n) is 1.97. The first kappa shape index (κ1) is 5.72. The van der Waals surface area contributed by atoms with Gasteiger partial charge in [-0.25, -0.2) is 0 Å². The molecule has 0 spiro atoms. The monoisotopic (exact) mass is 144 g/mol. The third-order valence-electron chi connectivity index (χ3n) is 2.53. The molecule has 2 fully saturated rings. The zero-order valence-electron chi connectivity index (χ0n) is 5.14. The van der Waals surface area contributed by atoms with Gasteiger partial charge in [-0.3, -0.25) is 4.79 Å². The predicted molar refractivity (Wildman–Crippen MR) is 35.5 cm³/mol. The van der Waals surface area contributed by atoms with Crippen molar-refractivity contribution in [2.75, 3.05) is 0 Å². The summed E-state index contributed by atoms with van der Waals surface area (Å²) < 4.78 is 0. The second-order valence-corrected chi connectivity index (χ2v) is 3.68. The van der Waals surface area contributed by atoms with E-state index in [0.717, 1.165) is 19.3 Å². The lowest BCUT2D eigenvalue weighted by molar-refractivity contribution is -0.121. The van der Waals surface area contributed by atoms with E-state index < -0.39 is 0 Å². The maximum atomic E-state index is 10.9. The molecule has 2 rings (SSSR count). The lowest BCUT2D eigenvalue weighted by Crippen LogP contribution is -2.16. The minimum Gasteiger partial charge on any atom is -0.299 e. The van der Waals surface area contributed by atoms with Gasteiger partial charge in [-0.1, -0.05) is 0 Å². The molecule has 3 unspecified atom stereocenters. The van der Waals surface area contributed by atoms with Gasteiger partial charge in [0.2, 0.25) is 0 Å². The van der Waals surface area contributed by atoms with Gasteiger partial charge in [0.25, 0.3) is 0 Å². The number of ketones is 1. The fraction of sp³-hybridized carbons (Fsp3) is 0.857. The smallest absolute Gasteiger partial charge is 0.136 e. The molecule has 2 aliphatic rings. The molecule has 0 heterocycles. The van der Waals surface area contributed by atoms with E-state index in [4.69, 9.17) is 11.6 Å². The van der Waals surface area contributed by atoms with Crippen LogP contribution < -0.4 is 0 Å². The summed E-state index contributed by atoms with van der Waals surface area (Å²) in [5, 5.41) is 0.313. The van der Waals surface area contributed by atoms with Gasteiger partial charge < -0.3 is 0 Å². The number of hydrogen-bond donors (Lipinski definition) is 0. The molecule has 2 saturated carbocycles. The number of alkyl halides is 1. The number of halogens is 1. The van der Waals surface area contributed by atoms with E-state index >= 15 is 0 Å². The van der Waals surface area contributed by atoms with Crippen molar-refractivity contribution in [3.63, 3.8) is 0 Å². The summed E-state index contributed by atoms with van der Waals surface area (Å²) in [7, 11) is 0. The van der Waals surface area contributed by atoms with Crippen LogP contribution in [0.1, 0.15) is 19.3 Å². The standard InChI is InChI=1S/C7H9ClO/c8-6-2-5-1-4(6)3-7(5)9/h4-6H,1-3H2. The number of Topliss-reactive ketones (excluding diaryl/α,β-unsaturated/α-hetero) is 1. The highest BCUT2D eigenvalue weighted by Crippen LogP contribution is 2.44. The number of carbonyl (C=O) groups is 1. The molecule has 9 heavy (non-hydrogen) atoms. The van der Waals surface area contributed by atoms with Crippen molar-refractivity contribution in [3.8, 4) is 0 Å². The Balaban J connectivity index is 2.19. The Morgan fingerprint density at radius 3 is 2.56 bits per heavy atom. The first-order valence-electron chi connectivity index (χ1n) is 3.44. The average molecular weight is 145 g/mol. The van der Waals surface area contributed by atoms with Crippen molar-refractivity contribution in [3.05, 3.63) is 0 Å². The van der Waals surface area contributed by atoms with E-state index in [-0.39, 0.29) is 0 Å². The Morgan fingerprint density at radius 1 is 1.44 bits per heavy atom. The van der Waals surface area contributed by atoms with Crippen molar-refractivity contribution in [2.45, 2.75) is 24.6 Å². The van der Waals surface area contributed by atoms with E-state index in [1.807, 2.05) is 0 Å². The maximum absolute atomic E-state index is 10.9. The minimum atomic E-state index is 0.313. The van der Waals surface area contributed by atoms with E-state index in [1.54, 1.807) is 0 Å². The largest absolute Gasteiger partial charge is 0.299 e. The normalized spacial score (nSPS) is 48.6. The molecule has 0 aromatic carbocycles. The lowest BCUT2D eigenvalue weighted by Gasteiger charge is -2.12. The highest BCUT2D eigenvalue weighted by atomic mass is 35.5. The quantitative estimate of drug-likeness (QED) is 0.472. The molecule has 0 N–H and O–H groups in total. The van der Waals surface area contributed by atoms with Crippen LogP contribution in [0.5, 0.6) is 0 Å². The molecule has 0 aliphatic heterocycles. The van der Waals surface area contributed by atoms with Crippen molar-refractivity contribution < 1.29 is 4.79 Å². The Bertz CT molecular complexity index is 153. The molecular weight excluding hydrogens is 136 g/mol. The van der Waals surface area contributed by atoms with E-state index in [1.165, 1.54) is 0 Å². The molecule has 0 aromatic rings. The molecule has 2 aliphatic carbocycles. The van der Waals surface area contributed by atoms with Crippen LogP contribution in [0.4, 0.5) is 0 Å². The van der Waals surface area contributed by atoms with Crippen molar-refractivity contribution in [1.82, 2.24) is 0 Å². The predicted octanol–water partition coefficient (Wildman–Crippen LogP) is 1.59. The van der Waals surface area contributed by atoms with E-state index in [9.17, 15) is 4.79 Å². The van der Waals surface area contributed by atoms with Crippen LogP contribution in [0, 0.1) is 11.8 Å². The van der Waals surface area contributed by atoms with Gasteiger partial charge in [0, 0.05) is 17.7 Å². The summed E-state index contributed by atoms with van der Waals surface area (Å²) in [6, 6.07) is 0. The SMILES string of the molecule is O=C1CC2CC1CC2Cl. The first-order valence-corrected chi connectivity index (χ1v) is 3.88. The van der Waals surface area contributed by atoms with Gasteiger partial charge >= 0.3 is 0 Å². The minimum absolute atomic E-state index is 0.313. The van der Waals surface area contributed by atoms with Crippen LogP contribution in [0.3, 0.4) is 0 Å². The zero-order chi connectivity index (χ0) is 6.43. The Labute approximate surface area is 59.4 Å². The van der Waals surface area contributed by atoms with Crippen molar-refractivity contribution in [2.24, 2.45) is 11.8 Å². The first-order chi connectivity index (χ1) is 4.27. The lowest BCUT2D eigenvalue weighted by atomic mass is 9.99. The van der Waals surface area contributed by atoms with E-state index in [2.05, 4.69) is 0 Å². The maximum Gasteiger partial charge on any atom is 0.136 e. The number of fused-ring (bicyclic) bond motifs is 2.